The fourth-order valence-electron chi connectivity index (χ4n) is 3.48. The number of hydrogen-bond donors (Lipinski definition) is 1. The molecule has 26 heavy (non-hydrogen) atoms. The molecule has 0 radical (unpaired) electrons. The van der Waals surface area contributed by atoms with Gasteiger partial charge in [-0.15, -0.1) is 0 Å². The molecule has 1 heterocycles. The van der Waals surface area contributed by atoms with Crippen LogP contribution in [0.3, 0.4) is 0 Å². The molecule has 0 saturated heterocycles. The van der Waals surface area contributed by atoms with Gasteiger partial charge in [0.2, 0.25) is 15.9 Å². The Kier molecular flexibility index (Phi) is 5.44. The van der Waals surface area contributed by atoms with Gasteiger partial charge in [-0.3, -0.25) is 4.79 Å². The molecule has 0 spiro atoms. The topological polar surface area (TPSA) is 66.5 Å². The first-order valence-corrected chi connectivity index (χ1v) is 10.3. The highest BCUT2D eigenvalue weighted by atomic mass is 32.2. The van der Waals surface area contributed by atoms with Crippen molar-refractivity contribution in [2.75, 3.05) is 11.4 Å². The summed E-state index contributed by atoms with van der Waals surface area (Å²) in [5.74, 6) is -0.0223. The van der Waals surface area contributed by atoms with Crippen molar-refractivity contribution in [2.45, 2.75) is 44.0 Å². The van der Waals surface area contributed by atoms with E-state index in [1.54, 1.807) is 23.1 Å². The van der Waals surface area contributed by atoms with Crippen molar-refractivity contribution >= 4 is 21.6 Å². The molecule has 3 rings (SSSR count). The number of rotatable bonds is 6. The molecule has 0 saturated carbocycles. The molecule has 0 fully saturated rings. The maximum absolute atomic E-state index is 12.5. The van der Waals surface area contributed by atoms with Crippen LogP contribution in [0.4, 0.5) is 5.69 Å². The van der Waals surface area contributed by atoms with Crippen molar-refractivity contribution in [3.63, 3.8) is 0 Å². The van der Waals surface area contributed by atoms with Crippen molar-refractivity contribution in [2.24, 2.45) is 0 Å². The molecule has 1 aliphatic rings. The molecule has 2 aromatic carbocycles. The number of nitrogens with zero attached hydrogens (tertiary/aromatic N) is 1. The van der Waals surface area contributed by atoms with Crippen LogP contribution in [0.2, 0.25) is 0 Å². The van der Waals surface area contributed by atoms with Crippen molar-refractivity contribution in [3.05, 3.63) is 59.7 Å². The Balaban J connectivity index is 1.65. The zero-order valence-corrected chi connectivity index (χ0v) is 15.9. The summed E-state index contributed by atoms with van der Waals surface area (Å²) in [4.78, 5) is 13.8. The monoisotopic (exact) mass is 372 g/mol. The molecule has 6 heteroatoms. The first-order valence-electron chi connectivity index (χ1n) is 8.85. The predicted molar refractivity (Wildman–Crippen MR) is 103 cm³/mol. The van der Waals surface area contributed by atoms with Crippen molar-refractivity contribution in [1.82, 2.24) is 4.72 Å². The Hall–Kier alpha value is -2.18. The minimum Gasteiger partial charge on any atom is -0.309 e. The second-order valence-corrected chi connectivity index (χ2v) is 8.49. The third-order valence-electron chi connectivity index (χ3n) is 4.69. The normalized spacial score (nSPS) is 16.5. The quantitative estimate of drug-likeness (QED) is 0.793. The summed E-state index contributed by atoms with van der Waals surface area (Å²) in [5, 5.41) is 0. The molecule has 0 bridgehead atoms. The third-order valence-corrected chi connectivity index (χ3v) is 6.15. The first-order chi connectivity index (χ1) is 12.4. The van der Waals surface area contributed by atoms with Crippen LogP contribution in [0.1, 0.15) is 31.4 Å². The zero-order valence-electron chi connectivity index (χ0n) is 15.1. The van der Waals surface area contributed by atoms with Gasteiger partial charge in [0.15, 0.2) is 0 Å². The summed E-state index contributed by atoms with van der Waals surface area (Å²) in [6, 6.07) is 15.1. The highest BCUT2D eigenvalue weighted by molar-refractivity contribution is 7.89. The average Bonchev–Trinajstić information content (AvgIpc) is 2.94. The van der Waals surface area contributed by atoms with Gasteiger partial charge in [0.1, 0.15) is 0 Å². The average molecular weight is 372 g/mol. The lowest BCUT2D eigenvalue weighted by molar-refractivity contribution is -0.116. The highest BCUT2D eigenvalue weighted by Gasteiger charge is 2.30. The number of carbonyl (C=O) groups is 1. The second-order valence-electron chi connectivity index (χ2n) is 6.72. The largest absolute Gasteiger partial charge is 0.309 e. The number of carbonyl (C=O) groups excluding carboxylic acids is 1. The van der Waals surface area contributed by atoms with E-state index in [1.807, 2.05) is 37.3 Å². The SMILES string of the molecule is CC(=O)N1c2ccc(S(=O)(=O)NCCCc3ccccc3)cc2CC1C. The van der Waals surface area contributed by atoms with E-state index in [1.165, 1.54) is 12.5 Å². The Morgan fingerprint density at radius 2 is 1.92 bits per heavy atom. The Morgan fingerprint density at radius 3 is 2.62 bits per heavy atom. The van der Waals surface area contributed by atoms with Crippen LogP contribution < -0.4 is 9.62 Å². The summed E-state index contributed by atoms with van der Waals surface area (Å²) in [6.07, 6.45) is 2.24. The number of benzene rings is 2. The zero-order chi connectivity index (χ0) is 18.7. The predicted octanol–water partition coefficient (Wildman–Crippen LogP) is 2.90. The van der Waals surface area contributed by atoms with E-state index < -0.39 is 10.0 Å². The molecule has 1 amide bonds. The Labute approximate surface area is 155 Å². The molecule has 1 atom stereocenters. The van der Waals surface area contributed by atoms with Crippen LogP contribution >= 0.6 is 0 Å². The molecule has 0 aromatic heterocycles. The number of aryl methyl sites for hydroxylation is 1. The molecule has 138 valence electrons. The lowest BCUT2D eigenvalue weighted by Crippen LogP contribution is -2.33. The number of anilines is 1. The number of amides is 1. The highest BCUT2D eigenvalue weighted by Crippen LogP contribution is 2.33. The van der Waals surface area contributed by atoms with E-state index in [-0.39, 0.29) is 16.8 Å². The first kappa shape index (κ1) is 18.6. The van der Waals surface area contributed by atoms with Gasteiger partial charge >= 0.3 is 0 Å². The minimum absolute atomic E-state index is 0.0223. The standard InChI is InChI=1S/C20H24N2O3S/c1-15-13-18-14-19(10-11-20(18)22(15)16(2)23)26(24,25)21-12-6-9-17-7-4-3-5-8-17/h3-5,7-8,10-11,14-15,21H,6,9,12-13H2,1-2H3. The van der Waals surface area contributed by atoms with Crippen LogP contribution in [-0.4, -0.2) is 26.9 Å². The maximum atomic E-state index is 12.5. The second kappa shape index (κ2) is 7.60. The Bertz CT molecular complexity index is 895. The molecule has 1 unspecified atom stereocenters. The van der Waals surface area contributed by atoms with E-state index >= 15 is 0 Å². The van der Waals surface area contributed by atoms with Crippen molar-refractivity contribution in [1.29, 1.82) is 0 Å². The molecular weight excluding hydrogens is 348 g/mol. The van der Waals surface area contributed by atoms with Gasteiger partial charge in [0.25, 0.3) is 0 Å². The molecule has 5 nitrogen and oxygen atoms in total. The fraction of sp³-hybridized carbons (Fsp3) is 0.350. The summed E-state index contributed by atoms with van der Waals surface area (Å²) < 4.78 is 27.8. The van der Waals surface area contributed by atoms with Crippen LogP contribution in [0.5, 0.6) is 0 Å². The van der Waals surface area contributed by atoms with Crippen molar-refractivity contribution in [3.8, 4) is 0 Å². The van der Waals surface area contributed by atoms with E-state index in [2.05, 4.69) is 4.72 Å². The van der Waals surface area contributed by atoms with Gasteiger partial charge in [0.05, 0.1) is 4.90 Å². The maximum Gasteiger partial charge on any atom is 0.240 e. The van der Waals surface area contributed by atoms with E-state index in [0.29, 0.717) is 13.0 Å². The number of sulfonamides is 1. The molecule has 0 aliphatic carbocycles. The number of fused-ring (bicyclic) bond motifs is 1. The Morgan fingerprint density at radius 1 is 1.19 bits per heavy atom. The van der Waals surface area contributed by atoms with Gasteiger partial charge in [0, 0.05) is 25.2 Å². The lowest BCUT2D eigenvalue weighted by atomic mass is 10.1. The van der Waals surface area contributed by atoms with E-state index in [4.69, 9.17) is 0 Å². The fourth-order valence-corrected chi connectivity index (χ4v) is 4.61. The summed E-state index contributed by atoms with van der Waals surface area (Å²) in [5.41, 5.74) is 2.91. The number of hydrogen-bond acceptors (Lipinski definition) is 3. The van der Waals surface area contributed by atoms with Gasteiger partial charge in [-0.2, -0.15) is 0 Å². The van der Waals surface area contributed by atoms with E-state index in [0.717, 1.165) is 24.1 Å². The molecular formula is C20H24N2O3S. The third kappa shape index (κ3) is 3.97. The van der Waals surface area contributed by atoms with Gasteiger partial charge in [-0.25, -0.2) is 13.1 Å². The summed E-state index contributed by atoms with van der Waals surface area (Å²) >= 11 is 0. The van der Waals surface area contributed by atoms with Crippen LogP contribution in [0.15, 0.2) is 53.4 Å². The van der Waals surface area contributed by atoms with Gasteiger partial charge < -0.3 is 4.90 Å². The number of nitrogens with one attached hydrogen (secondary N) is 1. The molecule has 1 N–H and O–H groups in total. The minimum atomic E-state index is -3.54. The van der Waals surface area contributed by atoms with Crippen LogP contribution in [-0.2, 0) is 27.7 Å². The van der Waals surface area contributed by atoms with Crippen molar-refractivity contribution < 1.29 is 13.2 Å². The molecule has 1 aliphatic heterocycles. The van der Waals surface area contributed by atoms with Gasteiger partial charge in [-0.1, -0.05) is 30.3 Å². The van der Waals surface area contributed by atoms with Crippen LogP contribution in [0.25, 0.3) is 0 Å². The summed E-state index contributed by atoms with van der Waals surface area (Å²) in [6.45, 7) is 3.90. The van der Waals surface area contributed by atoms with Gasteiger partial charge in [-0.05, 0) is 55.5 Å². The molecule has 2 aromatic rings. The van der Waals surface area contributed by atoms with E-state index in [9.17, 15) is 13.2 Å². The lowest BCUT2D eigenvalue weighted by Gasteiger charge is -2.20. The van der Waals surface area contributed by atoms with Crippen LogP contribution in [0, 0.1) is 0 Å². The smallest absolute Gasteiger partial charge is 0.240 e. The summed E-state index contributed by atoms with van der Waals surface area (Å²) in [7, 11) is -3.54.